The molecule has 180 valence electrons. The molecular formula is C26H29ClFN3O3. The van der Waals surface area contributed by atoms with Gasteiger partial charge in [-0.05, 0) is 44.4 Å². The zero-order chi connectivity index (χ0) is 23.3. The minimum atomic E-state index is -1.28. The lowest BCUT2D eigenvalue weighted by Gasteiger charge is -2.36. The molecule has 5 rings (SSSR count). The molecule has 6 nitrogen and oxygen atoms in total. The zero-order valence-electron chi connectivity index (χ0n) is 19.4. The van der Waals surface area contributed by atoms with Crippen LogP contribution in [0, 0.1) is 19.7 Å². The van der Waals surface area contributed by atoms with Gasteiger partial charge in [-0.15, -0.1) is 12.4 Å². The summed E-state index contributed by atoms with van der Waals surface area (Å²) in [6.45, 7) is 8.10. The van der Waals surface area contributed by atoms with Crippen molar-refractivity contribution in [3.8, 4) is 0 Å². The van der Waals surface area contributed by atoms with E-state index in [-0.39, 0.29) is 29.4 Å². The largest absolute Gasteiger partial charge is 0.477 e. The van der Waals surface area contributed by atoms with Crippen molar-refractivity contribution in [2.75, 3.05) is 31.1 Å². The summed E-state index contributed by atoms with van der Waals surface area (Å²) < 4.78 is 17.0. The number of aromatic nitrogens is 1. The molecule has 1 saturated carbocycles. The number of benzene rings is 2. The zero-order valence-corrected chi connectivity index (χ0v) is 20.2. The lowest BCUT2D eigenvalue weighted by molar-refractivity contribution is 0.0695. The first-order valence-corrected chi connectivity index (χ1v) is 11.5. The summed E-state index contributed by atoms with van der Waals surface area (Å²) in [5.74, 6) is -1.76. The number of carboxylic acid groups (broad SMARTS) is 1. The molecule has 0 unspecified atom stereocenters. The van der Waals surface area contributed by atoms with Gasteiger partial charge in [-0.3, -0.25) is 9.69 Å². The lowest BCUT2D eigenvalue weighted by Crippen LogP contribution is -2.46. The molecule has 1 aromatic heterocycles. The fourth-order valence-corrected chi connectivity index (χ4v) is 4.97. The Hall–Kier alpha value is -2.90. The number of rotatable bonds is 5. The number of fused-ring (bicyclic) bond motifs is 1. The van der Waals surface area contributed by atoms with Crippen molar-refractivity contribution in [3.63, 3.8) is 0 Å². The van der Waals surface area contributed by atoms with Gasteiger partial charge in [0, 0.05) is 50.3 Å². The Bertz CT molecular complexity index is 1290. The first-order chi connectivity index (χ1) is 15.8. The second-order valence-electron chi connectivity index (χ2n) is 9.40. The average Bonchev–Trinajstić information content (AvgIpc) is 3.59. The van der Waals surface area contributed by atoms with E-state index in [0.29, 0.717) is 24.3 Å². The van der Waals surface area contributed by atoms with Crippen molar-refractivity contribution >= 4 is 35.0 Å². The number of hydrogen-bond donors (Lipinski definition) is 1. The molecule has 0 radical (unpaired) electrons. The summed E-state index contributed by atoms with van der Waals surface area (Å²) in [6.07, 6.45) is 3.29. The highest BCUT2D eigenvalue weighted by Crippen LogP contribution is 2.38. The summed E-state index contributed by atoms with van der Waals surface area (Å²) >= 11 is 0. The van der Waals surface area contributed by atoms with Gasteiger partial charge in [-0.2, -0.15) is 0 Å². The maximum Gasteiger partial charge on any atom is 0.341 e. The van der Waals surface area contributed by atoms with Crippen LogP contribution in [0.25, 0.3) is 10.9 Å². The molecule has 1 N–H and O–H groups in total. The van der Waals surface area contributed by atoms with E-state index < -0.39 is 17.2 Å². The number of carbonyl (C=O) groups is 1. The molecule has 1 saturated heterocycles. The topological polar surface area (TPSA) is 65.8 Å². The van der Waals surface area contributed by atoms with Gasteiger partial charge in [0.2, 0.25) is 5.43 Å². The monoisotopic (exact) mass is 485 g/mol. The molecule has 0 atom stereocenters. The van der Waals surface area contributed by atoms with Crippen LogP contribution in [0.4, 0.5) is 10.1 Å². The van der Waals surface area contributed by atoms with Crippen LogP contribution in [-0.4, -0.2) is 46.7 Å². The molecule has 3 aromatic rings. The van der Waals surface area contributed by atoms with Gasteiger partial charge in [0.25, 0.3) is 0 Å². The highest BCUT2D eigenvalue weighted by molar-refractivity contribution is 5.93. The Morgan fingerprint density at radius 1 is 1.03 bits per heavy atom. The number of hydrogen-bond acceptors (Lipinski definition) is 4. The van der Waals surface area contributed by atoms with E-state index in [0.717, 1.165) is 32.5 Å². The molecule has 1 aliphatic heterocycles. The third-order valence-electron chi connectivity index (χ3n) is 6.67. The normalized spacial score (nSPS) is 16.5. The van der Waals surface area contributed by atoms with Crippen LogP contribution in [0.2, 0.25) is 0 Å². The highest BCUT2D eigenvalue weighted by atomic mass is 35.5. The molecule has 0 amide bonds. The number of aromatic carboxylic acids is 1. The van der Waals surface area contributed by atoms with Gasteiger partial charge in [-0.1, -0.05) is 29.3 Å². The molecule has 0 bridgehead atoms. The smallest absolute Gasteiger partial charge is 0.341 e. The fourth-order valence-electron chi connectivity index (χ4n) is 4.97. The van der Waals surface area contributed by atoms with Crippen LogP contribution < -0.4 is 10.3 Å². The van der Waals surface area contributed by atoms with Gasteiger partial charge in [-0.25, -0.2) is 9.18 Å². The Morgan fingerprint density at radius 3 is 2.26 bits per heavy atom. The highest BCUT2D eigenvalue weighted by Gasteiger charge is 2.28. The van der Waals surface area contributed by atoms with Crippen LogP contribution in [0.3, 0.4) is 0 Å². The van der Waals surface area contributed by atoms with Crippen molar-refractivity contribution in [2.45, 2.75) is 39.3 Å². The van der Waals surface area contributed by atoms with E-state index in [1.54, 1.807) is 6.07 Å². The van der Waals surface area contributed by atoms with Crippen molar-refractivity contribution in [1.82, 2.24) is 9.47 Å². The molecule has 2 aliphatic rings. The van der Waals surface area contributed by atoms with E-state index in [1.807, 2.05) is 9.47 Å². The van der Waals surface area contributed by atoms with Gasteiger partial charge in [0.1, 0.15) is 11.4 Å². The van der Waals surface area contributed by atoms with Crippen LogP contribution in [-0.2, 0) is 6.54 Å². The lowest BCUT2D eigenvalue weighted by atomic mass is 10.1. The van der Waals surface area contributed by atoms with Gasteiger partial charge < -0.3 is 14.6 Å². The molecule has 2 aromatic carbocycles. The van der Waals surface area contributed by atoms with E-state index in [1.165, 1.54) is 29.0 Å². The van der Waals surface area contributed by atoms with Crippen LogP contribution in [0.1, 0.15) is 45.9 Å². The maximum atomic E-state index is 15.1. The predicted molar refractivity (Wildman–Crippen MR) is 134 cm³/mol. The van der Waals surface area contributed by atoms with Crippen molar-refractivity contribution in [3.05, 3.63) is 74.8 Å². The number of pyridine rings is 1. The molecule has 34 heavy (non-hydrogen) atoms. The molecule has 2 heterocycles. The second-order valence-corrected chi connectivity index (χ2v) is 9.40. The van der Waals surface area contributed by atoms with Crippen molar-refractivity contribution < 1.29 is 14.3 Å². The fraction of sp³-hybridized carbons (Fsp3) is 0.385. The molecule has 1 aliphatic carbocycles. The van der Waals surface area contributed by atoms with Crippen LogP contribution in [0.5, 0.6) is 0 Å². The van der Waals surface area contributed by atoms with Crippen molar-refractivity contribution in [2.24, 2.45) is 0 Å². The molecule has 2 fully saturated rings. The number of carboxylic acids is 1. The summed E-state index contributed by atoms with van der Waals surface area (Å²) in [5.41, 5.74) is 3.97. The Balaban J connectivity index is 0.00000274. The van der Waals surface area contributed by atoms with Gasteiger partial charge >= 0.3 is 5.97 Å². The number of nitrogens with zero attached hydrogens (tertiary/aromatic N) is 3. The number of anilines is 1. The quantitative estimate of drug-likeness (QED) is 0.575. The third kappa shape index (κ3) is 4.68. The van der Waals surface area contributed by atoms with E-state index in [2.05, 4.69) is 36.9 Å². The standard InChI is InChI=1S/C26H28FN3O3.ClH/c1-16-9-17(2)11-18(10-16)14-28-5-7-29(8-6-28)24-13-23-20(12-22(24)27)25(31)21(26(32)33)15-30(23)19-3-4-19;/h9-13,15,19H,3-8,14H2,1-2H3,(H,32,33);1H. The molecule has 8 heteroatoms. The molecule has 0 spiro atoms. The minimum Gasteiger partial charge on any atom is -0.477 e. The van der Waals surface area contributed by atoms with E-state index in [9.17, 15) is 14.7 Å². The van der Waals surface area contributed by atoms with Crippen molar-refractivity contribution in [1.29, 1.82) is 0 Å². The van der Waals surface area contributed by atoms with Gasteiger partial charge in [0.05, 0.1) is 11.2 Å². The summed E-state index contributed by atoms with van der Waals surface area (Å²) in [4.78, 5) is 28.6. The van der Waals surface area contributed by atoms with E-state index >= 15 is 4.39 Å². The second kappa shape index (κ2) is 9.39. The summed E-state index contributed by atoms with van der Waals surface area (Å²) in [7, 11) is 0. The maximum absolute atomic E-state index is 15.1. The SMILES string of the molecule is Cc1cc(C)cc(CN2CCN(c3cc4c(cc3F)c(=O)c(C(=O)O)cn4C3CC3)CC2)c1.Cl. The first kappa shape index (κ1) is 24.2. The summed E-state index contributed by atoms with van der Waals surface area (Å²) in [6, 6.07) is 9.72. The predicted octanol–water partition coefficient (Wildman–Crippen LogP) is 4.53. The molecular weight excluding hydrogens is 457 g/mol. The Morgan fingerprint density at radius 2 is 1.68 bits per heavy atom. The number of halogens is 2. The third-order valence-corrected chi connectivity index (χ3v) is 6.67. The first-order valence-electron chi connectivity index (χ1n) is 11.5. The number of piperazine rings is 1. The number of aryl methyl sites for hydroxylation is 2. The van der Waals surface area contributed by atoms with Crippen LogP contribution >= 0.6 is 12.4 Å². The average molecular weight is 486 g/mol. The Kier molecular flexibility index (Phi) is 6.69. The van der Waals surface area contributed by atoms with Crippen LogP contribution in [0.15, 0.2) is 41.3 Å². The van der Waals surface area contributed by atoms with E-state index in [4.69, 9.17) is 0 Å². The minimum absolute atomic E-state index is 0. The summed E-state index contributed by atoms with van der Waals surface area (Å²) in [5, 5.41) is 9.56. The Labute approximate surface area is 204 Å². The van der Waals surface area contributed by atoms with Gasteiger partial charge in [0.15, 0.2) is 0 Å².